The van der Waals surface area contributed by atoms with Crippen LogP contribution >= 0.6 is 0 Å². The van der Waals surface area contributed by atoms with E-state index in [1.54, 1.807) is 0 Å². The van der Waals surface area contributed by atoms with E-state index >= 15 is 0 Å². The molecule has 0 aliphatic carbocycles. The van der Waals surface area contributed by atoms with Crippen molar-refractivity contribution in [3.05, 3.63) is 0 Å². The summed E-state index contributed by atoms with van der Waals surface area (Å²) in [5, 5.41) is 3.36. The van der Waals surface area contributed by atoms with E-state index in [-0.39, 0.29) is 12.1 Å². The Bertz CT molecular complexity index is 220. The largest absolute Gasteiger partial charge is 0.460 e. The number of nitrogens with one attached hydrogen (secondary N) is 1. The third-order valence-electron chi connectivity index (χ3n) is 3.34. The second-order valence-electron chi connectivity index (χ2n) is 4.73. The van der Waals surface area contributed by atoms with Crippen molar-refractivity contribution in [3.8, 4) is 0 Å². The summed E-state index contributed by atoms with van der Waals surface area (Å²) in [6.07, 6.45) is 4.86. The summed E-state index contributed by atoms with van der Waals surface area (Å²) in [7, 11) is 0. The van der Waals surface area contributed by atoms with Gasteiger partial charge in [-0.2, -0.15) is 0 Å². The Morgan fingerprint density at radius 2 is 2.38 bits per heavy atom. The Balaban J connectivity index is 1.59. The fraction of sp³-hybridized carbons (Fsp3) is 0.917. The van der Waals surface area contributed by atoms with Crippen LogP contribution in [0.25, 0.3) is 0 Å². The van der Waals surface area contributed by atoms with Crippen LogP contribution in [0.15, 0.2) is 0 Å². The highest BCUT2D eigenvalue weighted by Gasteiger charge is 2.21. The third-order valence-corrected chi connectivity index (χ3v) is 3.34. The first-order chi connectivity index (χ1) is 7.84. The first kappa shape index (κ1) is 11.9. The van der Waals surface area contributed by atoms with E-state index in [2.05, 4.69) is 5.32 Å². The first-order valence-corrected chi connectivity index (χ1v) is 6.32. The molecule has 2 aliphatic rings. The fourth-order valence-corrected chi connectivity index (χ4v) is 2.34. The number of esters is 1. The van der Waals surface area contributed by atoms with Gasteiger partial charge in [-0.3, -0.25) is 4.79 Å². The van der Waals surface area contributed by atoms with Crippen LogP contribution in [0.2, 0.25) is 0 Å². The lowest BCUT2D eigenvalue weighted by atomic mass is 9.95. The summed E-state index contributed by atoms with van der Waals surface area (Å²) in [6, 6.07) is 0. The summed E-state index contributed by atoms with van der Waals surface area (Å²) in [4.78, 5) is 11.5. The predicted molar refractivity (Wildman–Crippen MR) is 60.1 cm³/mol. The molecule has 1 N–H and O–H groups in total. The molecule has 4 heteroatoms. The minimum absolute atomic E-state index is 0.0111. The number of piperidine rings is 1. The zero-order valence-corrected chi connectivity index (χ0v) is 9.74. The Morgan fingerprint density at radius 3 is 3.06 bits per heavy atom. The lowest BCUT2D eigenvalue weighted by Crippen LogP contribution is -2.30. The molecular weight excluding hydrogens is 206 g/mol. The number of carbonyl (C=O) groups is 1. The molecule has 2 aliphatic heterocycles. The fourth-order valence-electron chi connectivity index (χ4n) is 2.34. The van der Waals surface area contributed by atoms with E-state index < -0.39 is 0 Å². The van der Waals surface area contributed by atoms with Gasteiger partial charge in [0.25, 0.3) is 0 Å². The van der Waals surface area contributed by atoms with Gasteiger partial charge in [-0.15, -0.1) is 0 Å². The molecule has 0 radical (unpaired) electrons. The summed E-state index contributed by atoms with van der Waals surface area (Å²) in [6.45, 7) is 3.49. The normalized spacial score (nSPS) is 30.2. The second-order valence-corrected chi connectivity index (χ2v) is 4.73. The topological polar surface area (TPSA) is 47.6 Å². The van der Waals surface area contributed by atoms with E-state index in [9.17, 15) is 4.79 Å². The van der Waals surface area contributed by atoms with Gasteiger partial charge in [-0.25, -0.2) is 0 Å². The van der Waals surface area contributed by atoms with Crippen molar-refractivity contribution in [1.82, 2.24) is 5.32 Å². The van der Waals surface area contributed by atoms with Crippen molar-refractivity contribution < 1.29 is 14.3 Å². The molecule has 0 spiro atoms. The minimum atomic E-state index is -0.0546. The smallest absolute Gasteiger partial charge is 0.306 e. The summed E-state index contributed by atoms with van der Waals surface area (Å²) in [5.74, 6) is 0.599. The Morgan fingerprint density at radius 1 is 1.44 bits per heavy atom. The van der Waals surface area contributed by atoms with Crippen LogP contribution < -0.4 is 5.32 Å². The van der Waals surface area contributed by atoms with Crippen LogP contribution in [0.5, 0.6) is 0 Å². The van der Waals surface area contributed by atoms with Crippen molar-refractivity contribution in [2.24, 2.45) is 5.92 Å². The molecule has 2 atom stereocenters. The highest BCUT2D eigenvalue weighted by Crippen LogP contribution is 2.17. The maximum atomic E-state index is 11.5. The number of hydrogen-bond acceptors (Lipinski definition) is 4. The summed E-state index contributed by atoms with van der Waals surface area (Å²) in [5.41, 5.74) is 0. The van der Waals surface area contributed by atoms with Crippen LogP contribution in [0.3, 0.4) is 0 Å². The van der Waals surface area contributed by atoms with E-state index in [0.29, 0.717) is 18.9 Å². The molecule has 2 unspecified atom stereocenters. The van der Waals surface area contributed by atoms with Crippen LogP contribution in [0.4, 0.5) is 0 Å². The molecule has 0 bridgehead atoms. The molecule has 0 aromatic rings. The van der Waals surface area contributed by atoms with Gasteiger partial charge in [0.05, 0.1) is 13.2 Å². The number of carbonyl (C=O) groups excluding carboxylic acids is 1. The molecule has 0 saturated carbocycles. The highest BCUT2D eigenvalue weighted by atomic mass is 16.6. The minimum Gasteiger partial charge on any atom is -0.460 e. The maximum Gasteiger partial charge on any atom is 0.306 e. The van der Waals surface area contributed by atoms with E-state index in [4.69, 9.17) is 9.47 Å². The molecule has 0 amide bonds. The molecule has 0 aromatic heterocycles. The van der Waals surface area contributed by atoms with Gasteiger partial charge < -0.3 is 14.8 Å². The van der Waals surface area contributed by atoms with Gasteiger partial charge in [0.1, 0.15) is 6.10 Å². The van der Waals surface area contributed by atoms with Gasteiger partial charge in [-0.1, -0.05) is 0 Å². The van der Waals surface area contributed by atoms with Crippen molar-refractivity contribution in [2.45, 2.75) is 38.2 Å². The second kappa shape index (κ2) is 6.21. The molecule has 16 heavy (non-hydrogen) atoms. The highest BCUT2D eigenvalue weighted by molar-refractivity contribution is 5.69. The molecule has 4 nitrogen and oxygen atoms in total. The van der Waals surface area contributed by atoms with Crippen molar-refractivity contribution >= 4 is 5.97 Å². The van der Waals surface area contributed by atoms with Gasteiger partial charge in [0, 0.05) is 12.8 Å². The van der Waals surface area contributed by atoms with Crippen molar-refractivity contribution in [3.63, 3.8) is 0 Å². The van der Waals surface area contributed by atoms with Gasteiger partial charge in [0.15, 0.2) is 0 Å². The quantitative estimate of drug-likeness (QED) is 0.731. The average molecular weight is 227 g/mol. The molecular formula is C12H21NO3. The molecule has 2 fully saturated rings. The first-order valence-electron chi connectivity index (χ1n) is 6.32. The number of ether oxygens (including phenoxy) is 2. The zero-order valence-electron chi connectivity index (χ0n) is 9.74. The Hall–Kier alpha value is -0.610. The molecule has 2 rings (SSSR count). The third kappa shape index (κ3) is 3.76. The van der Waals surface area contributed by atoms with Gasteiger partial charge >= 0.3 is 5.97 Å². The van der Waals surface area contributed by atoms with Crippen LogP contribution in [0.1, 0.15) is 32.1 Å². The lowest BCUT2D eigenvalue weighted by Gasteiger charge is -2.22. The SMILES string of the molecule is O=C(CCC1CCCNC1)OC1CCOC1. The Labute approximate surface area is 96.7 Å². The van der Waals surface area contributed by atoms with Crippen molar-refractivity contribution in [2.75, 3.05) is 26.3 Å². The van der Waals surface area contributed by atoms with Crippen LogP contribution in [0, 0.1) is 5.92 Å². The predicted octanol–water partition coefficient (Wildman–Crippen LogP) is 1.10. The summed E-state index contributed by atoms with van der Waals surface area (Å²) >= 11 is 0. The zero-order chi connectivity index (χ0) is 11.2. The van der Waals surface area contributed by atoms with Crippen LogP contribution in [-0.2, 0) is 14.3 Å². The Kier molecular flexibility index (Phi) is 4.60. The maximum absolute atomic E-state index is 11.5. The molecule has 2 saturated heterocycles. The number of rotatable bonds is 4. The molecule has 0 aromatic carbocycles. The monoisotopic (exact) mass is 227 g/mol. The average Bonchev–Trinajstić information content (AvgIpc) is 2.81. The van der Waals surface area contributed by atoms with Crippen LogP contribution in [-0.4, -0.2) is 38.4 Å². The van der Waals surface area contributed by atoms with Gasteiger partial charge in [0.2, 0.25) is 0 Å². The summed E-state index contributed by atoms with van der Waals surface area (Å²) < 4.78 is 10.5. The van der Waals surface area contributed by atoms with E-state index in [0.717, 1.165) is 32.5 Å². The van der Waals surface area contributed by atoms with Gasteiger partial charge in [-0.05, 0) is 38.3 Å². The van der Waals surface area contributed by atoms with E-state index in [1.165, 1.54) is 12.8 Å². The van der Waals surface area contributed by atoms with Crippen molar-refractivity contribution in [1.29, 1.82) is 0 Å². The molecule has 2 heterocycles. The van der Waals surface area contributed by atoms with E-state index in [1.807, 2.05) is 0 Å². The molecule has 92 valence electrons. The standard InChI is InChI=1S/C12H21NO3/c14-12(16-11-5-7-15-9-11)4-3-10-2-1-6-13-8-10/h10-11,13H,1-9H2. The lowest BCUT2D eigenvalue weighted by molar-refractivity contribution is -0.149. The number of hydrogen-bond donors (Lipinski definition) is 1.